The monoisotopic (exact) mass is 388 g/mol. The lowest BCUT2D eigenvalue weighted by molar-refractivity contribution is 0.0948. The van der Waals surface area contributed by atoms with Gasteiger partial charge in [0, 0.05) is 12.2 Å². The zero-order valence-corrected chi connectivity index (χ0v) is 14.8. The van der Waals surface area contributed by atoms with Crippen LogP contribution in [0.3, 0.4) is 0 Å². The maximum Gasteiger partial charge on any atom is 0.271 e. The van der Waals surface area contributed by atoms with Crippen LogP contribution >= 0.6 is 11.6 Å². The van der Waals surface area contributed by atoms with Crippen LogP contribution in [0, 0.1) is 11.6 Å². The Labute approximate surface area is 159 Å². The number of halogens is 3. The number of amides is 1. The van der Waals surface area contributed by atoms with E-state index in [4.69, 9.17) is 11.6 Å². The molecule has 0 saturated heterocycles. The first-order valence-electron chi connectivity index (χ1n) is 8.08. The molecule has 1 aromatic heterocycles. The first-order valence-corrected chi connectivity index (χ1v) is 8.46. The molecule has 0 unspecified atom stereocenters. The van der Waals surface area contributed by atoms with Crippen LogP contribution in [-0.2, 0) is 6.42 Å². The van der Waals surface area contributed by atoms with Crippen molar-refractivity contribution < 1.29 is 13.6 Å². The predicted molar refractivity (Wildman–Crippen MR) is 99.2 cm³/mol. The molecule has 3 aromatic rings. The van der Waals surface area contributed by atoms with Gasteiger partial charge in [-0.25, -0.2) is 18.7 Å². The molecule has 2 N–H and O–H groups in total. The number of hydrogen-bond donors (Lipinski definition) is 2. The Morgan fingerprint density at radius 2 is 1.85 bits per heavy atom. The molecule has 2 aromatic carbocycles. The third-order valence-electron chi connectivity index (χ3n) is 3.71. The van der Waals surface area contributed by atoms with Crippen LogP contribution in [0.5, 0.6) is 0 Å². The minimum atomic E-state index is -0.518. The van der Waals surface area contributed by atoms with Gasteiger partial charge in [-0.05, 0) is 36.2 Å². The number of rotatable bonds is 6. The Hall–Kier alpha value is -3.06. The third-order valence-corrected chi connectivity index (χ3v) is 4.00. The summed E-state index contributed by atoms with van der Waals surface area (Å²) in [5.41, 5.74) is 1.20. The van der Waals surface area contributed by atoms with Crippen molar-refractivity contribution in [1.82, 2.24) is 15.3 Å². The second-order valence-corrected chi connectivity index (χ2v) is 6.05. The lowest BCUT2D eigenvalue weighted by atomic mass is 10.1. The van der Waals surface area contributed by atoms with Gasteiger partial charge in [-0.3, -0.25) is 4.79 Å². The number of anilines is 2. The quantitative estimate of drug-likeness (QED) is 0.666. The molecule has 0 aliphatic carbocycles. The number of nitrogens with one attached hydrogen (secondary N) is 2. The van der Waals surface area contributed by atoms with E-state index >= 15 is 0 Å². The fourth-order valence-electron chi connectivity index (χ4n) is 2.33. The maximum atomic E-state index is 13.5. The molecule has 0 aliphatic rings. The van der Waals surface area contributed by atoms with E-state index in [-0.39, 0.29) is 23.1 Å². The average molecular weight is 389 g/mol. The van der Waals surface area contributed by atoms with Crippen molar-refractivity contribution in [2.24, 2.45) is 0 Å². The second kappa shape index (κ2) is 8.55. The van der Waals surface area contributed by atoms with Gasteiger partial charge in [0.15, 0.2) is 0 Å². The predicted octanol–water partition coefficient (Wildman–Crippen LogP) is 4.12. The molecule has 5 nitrogen and oxygen atoms in total. The number of carbonyl (C=O) groups is 1. The summed E-state index contributed by atoms with van der Waals surface area (Å²) in [6, 6.07) is 10.6. The minimum absolute atomic E-state index is 0.0150. The molecule has 0 saturated carbocycles. The van der Waals surface area contributed by atoms with E-state index in [1.807, 2.05) is 0 Å². The summed E-state index contributed by atoms with van der Waals surface area (Å²) in [5, 5.41) is 5.57. The van der Waals surface area contributed by atoms with Crippen molar-refractivity contribution in [3.05, 3.63) is 82.8 Å². The second-order valence-electron chi connectivity index (χ2n) is 5.64. The summed E-state index contributed by atoms with van der Waals surface area (Å²) in [5.74, 6) is -0.852. The van der Waals surface area contributed by atoms with Gasteiger partial charge in [0.05, 0.1) is 17.4 Å². The molecule has 138 valence electrons. The molecule has 1 amide bonds. The molecule has 0 atom stereocenters. The van der Waals surface area contributed by atoms with Crippen molar-refractivity contribution in [2.45, 2.75) is 6.42 Å². The van der Waals surface area contributed by atoms with Crippen molar-refractivity contribution in [2.75, 3.05) is 11.9 Å². The molecule has 27 heavy (non-hydrogen) atoms. The van der Waals surface area contributed by atoms with Gasteiger partial charge in [-0.1, -0.05) is 29.8 Å². The molecule has 0 bridgehead atoms. The van der Waals surface area contributed by atoms with E-state index in [1.54, 1.807) is 18.2 Å². The number of hydrogen-bond acceptors (Lipinski definition) is 4. The first-order chi connectivity index (χ1) is 13.0. The zero-order chi connectivity index (χ0) is 19.2. The summed E-state index contributed by atoms with van der Waals surface area (Å²) in [6.45, 7) is 0.273. The van der Waals surface area contributed by atoms with Crippen LogP contribution < -0.4 is 10.6 Å². The van der Waals surface area contributed by atoms with Crippen LogP contribution in [0.25, 0.3) is 0 Å². The van der Waals surface area contributed by atoms with Gasteiger partial charge in [0.2, 0.25) is 0 Å². The third kappa shape index (κ3) is 4.98. The van der Waals surface area contributed by atoms with Crippen molar-refractivity contribution in [1.29, 1.82) is 0 Å². The SMILES string of the molecule is O=C(NCCc1ccccc1F)c1cnc(Nc2ccc(F)c(Cl)c2)cn1. The Bertz CT molecular complexity index is 951. The smallest absolute Gasteiger partial charge is 0.271 e. The lowest BCUT2D eigenvalue weighted by Crippen LogP contribution is -2.26. The maximum absolute atomic E-state index is 13.5. The van der Waals surface area contributed by atoms with Crippen LogP contribution in [0.2, 0.25) is 5.02 Å². The highest BCUT2D eigenvalue weighted by molar-refractivity contribution is 6.31. The first kappa shape index (κ1) is 18.7. The molecule has 8 heteroatoms. The van der Waals surface area contributed by atoms with E-state index in [0.29, 0.717) is 23.5 Å². The van der Waals surface area contributed by atoms with E-state index in [1.165, 1.54) is 36.7 Å². The highest BCUT2D eigenvalue weighted by atomic mass is 35.5. The van der Waals surface area contributed by atoms with E-state index in [2.05, 4.69) is 20.6 Å². The molecular formula is C19H15ClF2N4O. The Morgan fingerprint density at radius 1 is 1.04 bits per heavy atom. The van der Waals surface area contributed by atoms with Gasteiger partial charge in [-0.2, -0.15) is 0 Å². The molecule has 1 heterocycles. The number of carbonyl (C=O) groups excluding carboxylic acids is 1. The minimum Gasteiger partial charge on any atom is -0.350 e. The van der Waals surface area contributed by atoms with E-state index in [9.17, 15) is 13.6 Å². The van der Waals surface area contributed by atoms with Gasteiger partial charge in [-0.15, -0.1) is 0 Å². The van der Waals surface area contributed by atoms with Crippen LogP contribution in [0.15, 0.2) is 54.9 Å². The standard InChI is InChI=1S/C19H15ClF2N4O/c20-14-9-13(5-6-16(14)22)26-18-11-24-17(10-25-18)19(27)23-8-7-12-3-1-2-4-15(12)21/h1-6,9-11H,7-8H2,(H,23,27)(H,25,26). The van der Waals surface area contributed by atoms with Gasteiger partial charge < -0.3 is 10.6 Å². The Balaban J connectivity index is 1.55. The van der Waals surface area contributed by atoms with Crippen LogP contribution in [0.4, 0.5) is 20.3 Å². The topological polar surface area (TPSA) is 66.9 Å². The van der Waals surface area contributed by atoms with Gasteiger partial charge in [0.1, 0.15) is 23.1 Å². The van der Waals surface area contributed by atoms with Crippen LogP contribution in [0.1, 0.15) is 16.1 Å². The van der Waals surface area contributed by atoms with Gasteiger partial charge >= 0.3 is 0 Å². The summed E-state index contributed by atoms with van der Waals surface area (Å²) in [6.07, 6.45) is 3.06. The molecular weight excluding hydrogens is 374 g/mol. The van der Waals surface area contributed by atoms with Crippen molar-refractivity contribution in [3.63, 3.8) is 0 Å². The lowest BCUT2D eigenvalue weighted by Gasteiger charge is -2.08. The summed E-state index contributed by atoms with van der Waals surface area (Å²) >= 11 is 5.72. The van der Waals surface area contributed by atoms with E-state index in [0.717, 1.165) is 0 Å². The van der Waals surface area contributed by atoms with Crippen LogP contribution in [-0.4, -0.2) is 22.4 Å². The molecule has 3 rings (SSSR count). The fourth-order valence-corrected chi connectivity index (χ4v) is 2.51. The van der Waals surface area contributed by atoms with Crippen molar-refractivity contribution in [3.8, 4) is 0 Å². The highest BCUT2D eigenvalue weighted by Gasteiger charge is 2.09. The zero-order valence-electron chi connectivity index (χ0n) is 14.0. The number of nitrogens with zero attached hydrogens (tertiary/aromatic N) is 2. The summed E-state index contributed by atoms with van der Waals surface area (Å²) in [7, 11) is 0. The highest BCUT2D eigenvalue weighted by Crippen LogP contribution is 2.21. The summed E-state index contributed by atoms with van der Waals surface area (Å²) < 4.78 is 26.7. The largest absolute Gasteiger partial charge is 0.350 e. The fraction of sp³-hybridized carbons (Fsp3) is 0.105. The number of aromatic nitrogens is 2. The molecule has 0 aliphatic heterocycles. The average Bonchev–Trinajstić information content (AvgIpc) is 2.67. The van der Waals surface area contributed by atoms with E-state index < -0.39 is 11.7 Å². The molecule has 0 fully saturated rings. The molecule has 0 radical (unpaired) electrons. The molecule has 0 spiro atoms. The van der Waals surface area contributed by atoms with Crippen molar-refractivity contribution >= 4 is 29.0 Å². The number of benzene rings is 2. The Kier molecular flexibility index (Phi) is 5.93. The Morgan fingerprint density at radius 3 is 2.56 bits per heavy atom. The normalized spacial score (nSPS) is 10.5. The van der Waals surface area contributed by atoms with Gasteiger partial charge in [0.25, 0.3) is 5.91 Å². The summed E-state index contributed by atoms with van der Waals surface area (Å²) in [4.78, 5) is 20.2.